The first-order valence-corrected chi connectivity index (χ1v) is 12.3. The number of amides is 3. The molecule has 0 unspecified atom stereocenters. The van der Waals surface area contributed by atoms with Crippen LogP contribution in [0.3, 0.4) is 0 Å². The Morgan fingerprint density at radius 2 is 1.76 bits per heavy atom. The van der Waals surface area contributed by atoms with Gasteiger partial charge in [0, 0.05) is 32.4 Å². The summed E-state index contributed by atoms with van der Waals surface area (Å²) in [4.78, 5) is 43.7. The van der Waals surface area contributed by atoms with Gasteiger partial charge in [-0.15, -0.1) is 0 Å². The molecule has 3 rings (SSSR count). The number of imidazole rings is 1. The fraction of sp³-hybridized carbons (Fsp3) is 0.357. The number of rotatable bonds is 11. The van der Waals surface area contributed by atoms with Crippen LogP contribution in [0.1, 0.15) is 48.2 Å². The van der Waals surface area contributed by atoms with E-state index >= 15 is 0 Å². The highest BCUT2D eigenvalue weighted by molar-refractivity contribution is 5.97. The highest BCUT2D eigenvalue weighted by Crippen LogP contribution is 2.13. The molecule has 9 nitrogen and oxygen atoms in total. The number of anilines is 1. The summed E-state index contributed by atoms with van der Waals surface area (Å²) in [5.74, 6) is -0.444. The number of benzene rings is 2. The predicted octanol–water partition coefficient (Wildman–Crippen LogP) is 2.82. The van der Waals surface area contributed by atoms with Crippen molar-refractivity contribution >= 4 is 23.5 Å². The van der Waals surface area contributed by atoms with Gasteiger partial charge in [0.05, 0.1) is 11.9 Å². The number of hydrogen-bond donors (Lipinski definition) is 3. The van der Waals surface area contributed by atoms with Gasteiger partial charge in [-0.25, -0.2) is 4.98 Å². The Labute approximate surface area is 218 Å². The van der Waals surface area contributed by atoms with E-state index in [0.717, 1.165) is 12.0 Å². The molecule has 1 heterocycles. The average molecular weight is 505 g/mol. The molecule has 3 aromatic rings. The van der Waals surface area contributed by atoms with Crippen LogP contribution in [0.2, 0.25) is 0 Å². The maximum atomic E-state index is 13.1. The molecular formula is C28H36N6O3. The summed E-state index contributed by atoms with van der Waals surface area (Å²) in [5, 5.41) is 5.60. The molecule has 0 saturated carbocycles. The molecule has 9 heteroatoms. The second kappa shape index (κ2) is 12.3. The van der Waals surface area contributed by atoms with Crippen molar-refractivity contribution in [3.05, 3.63) is 83.8 Å². The maximum absolute atomic E-state index is 13.1. The average Bonchev–Trinajstić information content (AvgIpc) is 3.29. The zero-order valence-electron chi connectivity index (χ0n) is 21.9. The fourth-order valence-corrected chi connectivity index (χ4v) is 3.76. The molecule has 2 aromatic carbocycles. The summed E-state index contributed by atoms with van der Waals surface area (Å²) in [6, 6.07) is 16.6. The lowest BCUT2D eigenvalue weighted by atomic mass is 10.0. The molecule has 3 amide bonds. The minimum absolute atomic E-state index is 0.0681. The molecule has 1 aromatic heterocycles. The Morgan fingerprint density at radius 1 is 1.05 bits per heavy atom. The van der Waals surface area contributed by atoms with Crippen LogP contribution in [0.5, 0.6) is 0 Å². The van der Waals surface area contributed by atoms with E-state index in [1.165, 1.54) is 10.5 Å². The number of nitrogens with two attached hydrogens (primary N) is 1. The first kappa shape index (κ1) is 27.6. The van der Waals surface area contributed by atoms with Crippen molar-refractivity contribution in [3.63, 3.8) is 0 Å². The molecule has 1 atom stereocenters. The van der Waals surface area contributed by atoms with Crippen LogP contribution in [-0.4, -0.2) is 57.8 Å². The molecule has 0 aliphatic carbocycles. The van der Waals surface area contributed by atoms with Gasteiger partial charge in [-0.05, 0) is 56.4 Å². The van der Waals surface area contributed by atoms with Crippen LogP contribution in [0.15, 0.2) is 67.1 Å². The minimum atomic E-state index is -1.11. The number of hydrogen-bond acceptors (Lipinski definition) is 5. The molecule has 196 valence electrons. The molecule has 0 aliphatic heterocycles. The largest absolute Gasteiger partial charge is 0.345 e. The van der Waals surface area contributed by atoms with E-state index < -0.39 is 17.5 Å². The van der Waals surface area contributed by atoms with Crippen molar-refractivity contribution in [1.82, 2.24) is 19.8 Å². The third-order valence-electron chi connectivity index (χ3n) is 5.84. The third kappa shape index (κ3) is 8.28. The van der Waals surface area contributed by atoms with E-state index in [-0.39, 0.29) is 11.8 Å². The summed E-state index contributed by atoms with van der Waals surface area (Å²) in [6.07, 6.45) is 5.28. The number of nitrogens with one attached hydrogen (secondary N) is 2. The predicted molar refractivity (Wildman–Crippen MR) is 144 cm³/mol. The number of aryl methyl sites for hydroxylation is 1. The quantitative estimate of drug-likeness (QED) is 0.371. The van der Waals surface area contributed by atoms with Crippen molar-refractivity contribution in [3.8, 4) is 0 Å². The first-order chi connectivity index (χ1) is 17.5. The lowest BCUT2D eigenvalue weighted by molar-refractivity contribution is -0.129. The van der Waals surface area contributed by atoms with Crippen molar-refractivity contribution in [1.29, 1.82) is 0 Å². The minimum Gasteiger partial charge on any atom is -0.345 e. The molecule has 0 radical (unpaired) electrons. The SMILES string of the molecule is CN(C)C(=O)c1cccc(Cn2cnc(NC(=O)[C@@H](CCCc3ccccc3)NC(=O)C(C)(C)N)c2)c1. The Bertz CT molecular complexity index is 1210. The van der Waals surface area contributed by atoms with Crippen molar-refractivity contribution in [2.45, 2.75) is 51.2 Å². The van der Waals surface area contributed by atoms with E-state index in [2.05, 4.69) is 15.6 Å². The smallest absolute Gasteiger partial charge is 0.253 e. The van der Waals surface area contributed by atoms with Crippen LogP contribution in [0.25, 0.3) is 0 Å². The summed E-state index contributed by atoms with van der Waals surface area (Å²) in [6.45, 7) is 3.68. The van der Waals surface area contributed by atoms with Gasteiger partial charge >= 0.3 is 0 Å². The Kier molecular flexibility index (Phi) is 9.19. The molecule has 0 bridgehead atoms. The van der Waals surface area contributed by atoms with Crippen molar-refractivity contribution in [2.24, 2.45) is 5.73 Å². The maximum Gasteiger partial charge on any atom is 0.253 e. The topological polar surface area (TPSA) is 122 Å². The number of nitrogens with zero attached hydrogens (tertiary/aromatic N) is 3. The number of aromatic nitrogens is 2. The zero-order chi connectivity index (χ0) is 27.0. The third-order valence-corrected chi connectivity index (χ3v) is 5.84. The van der Waals surface area contributed by atoms with E-state index in [9.17, 15) is 14.4 Å². The van der Waals surface area contributed by atoms with E-state index in [4.69, 9.17) is 5.73 Å². The summed E-state index contributed by atoms with van der Waals surface area (Å²) in [7, 11) is 3.43. The van der Waals surface area contributed by atoms with Gasteiger partial charge in [-0.1, -0.05) is 42.5 Å². The molecule has 0 spiro atoms. The van der Waals surface area contributed by atoms with E-state index in [1.54, 1.807) is 46.5 Å². The van der Waals surface area contributed by atoms with Crippen molar-refractivity contribution < 1.29 is 14.4 Å². The van der Waals surface area contributed by atoms with Crippen LogP contribution >= 0.6 is 0 Å². The van der Waals surface area contributed by atoms with Gasteiger partial charge in [0.2, 0.25) is 11.8 Å². The van der Waals surface area contributed by atoms with Crippen LogP contribution < -0.4 is 16.4 Å². The van der Waals surface area contributed by atoms with Gasteiger partial charge in [0.25, 0.3) is 5.91 Å². The van der Waals surface area contributed by atoms with Gasteiger partial charge in [-0.3, -0.25) is 14.4 Å². The lowest BCUT2D eigenvalue weighted by Gasteiger charge is -2.23. The van der Waals surface area contributed by atoms with E-state index in [1.807, 2.05) is 53.1 Å². The molecule has 0 aliphatic rings. The number of carbonyl (C=O) groups is 3. The number of carbonyl (C=O) groups excluding carboxylic acids is 3. The second-order valence-corrected chi connectivity index (χ2v) is 9.95. The normalized spacial score (nSPS) is 12.0. The van der Waals surface area contributed by atoms with Gasteiger partial charge < -0.3 is 25.8 Å². The lowest BCUT2D eigenvalue weighted by Crippen LogP contribution is -2.54. The van der Waals surface area contributed by atoms with Crippen molar-refractivity contribution in [2.75, 3.05) is 19.4 Å². The van der Waals surface area contributed by atoms with E-state index in [0.29, 0.717) is 30.8 Å². The summed E-state index contributed by atoms with van der Waals surface area (Å²) >= 11 is 0. The Morgan fingerprint density at radius 3 is 2.43 bits per heavy atom. The van der Waals surface area contributed by atoms with Crippen LogP contribution in [0.4, 0.5) is 5.82 Å². The molecular weight excluding hydrogens is 468 g/mol. The Balaban J connectivity index is 1.65. The highest BCUT2D eigenvalue weighted by atomic mass is 16.2. The molecule has 0 saturated heterocycles. The van der Waals surface area contributed by atoms with Gasteiger partial charge in [0.1, 0.15) is 6.04 Å². The molecule has 37 heavy (non-hydrogen) atoms. The van der Waals surface area contributed by atoms with Gasteiger partial charge in [0.15, 0.2) is 5.82 Å². The summed E-state index contributed by atoms with van der Waals surface area (Å²) in [5.41, 5.74) is 7.53. The zero-order valence-corrected chi connectivity index (χ0v) is 21.9. The summed E-state index contributed by atoms with van der Waals surface area (Å²) < 4.78 is 1.82. The molecule has 0 fully saturated rings. The molecule has 4 N–H and O–H groups in total. The standard InChI is InChI=1S/C28H36N6O3/c1-28(2,29)27(37)31-23(15-9-12-20-10-6-5-7-11-20)25(35)32-24-18-34(19-30-24)17-21-13-8-14-22(16-21)26(36)33(3)4/h5-8,10-11,13-14,16,18-19,23H,9,12,15,17,29H2,1-4H3,(H,31,37)(H,32,35)/t23-/m1/s1. The first-order valence-electron chi connectivity index (χ1n) is 12.3. The van der Waals surface area contributed by atoms with Gasteiger partial charge in [-0.2, -0.15) is 0 Å². The monoisotopic (exact) mass is 504 g/mol. The van der Waals surface area contributed by atoms with Crippen LogP contribution in [-0.2, 0) is 22.6 Å². The second-order valence-electron chi connectivity index (χ2n) is 9.95. The fourth-order valence-electron chi connectivity index (χ4n) is 3.76. The Hall–Kier alpha value is -3.98. The van der Waals surface area contributed by atoms with Crippen LogP contribution in [0, 0.1) is 0 Å². The highest BCUT2D eigenvalue weighted by Gasteiger charge is 2.28.